The lowest BCUT2D eigenvalue weighted by atomic mass is 10.1. The number of hydrogen-bond acceptors (Lipinski definition) is 4. The summed E-state index contributed by atoms with van der Waals surface area (Å²) in [5.74, 6) is -0.0973. The first-order chi connectivity index (χ1) is 15.0. The molecule has 158 valence electrons. The molecule has 0 aliphatic carbocycles. The average molecular weight is 415 g/mol. The maximum Gasteiger partial charge on any atom is 0.272 e. The van der Waals surface area contributed by atoms with Crippen LogP contribution in [0.25, 0.3) is 6.08 Å². The van der Waals surface area contributed by atoms with E-state index in [2.05, 4.69) is 10.6 Å². The third-order valence-corrected chi connectivity index (χ3v) is 4.60. The van der Waals surface area contributed by atoms with Gasteiger partial charge in [0.15, 0.2) is 0 Å². The maximum absolute atomic E-state index is 13.0. The highest BCUT2D eigenvalue weighted by Gasteiger charge is 2.15. The van der Waals surface area contributed by atoms with Crippen LogP contribution in [-0.2, 0) is 4.79 Å². The van der Waals surface area contributed by atoms with Crippen molar-refractivity contribution in [1.82, 2.24) is 5.32 Å². The summed E-state index contributed by atoms with van der Waals surface area (Å²) in [4.78, 5) is 27.6. The number of carbonyl (C=O) groups excluding carboxylic acids is 2. The van der Waals surface area contributed by atoms with E-state index in [0.717, 1.165) is 11.3 Å². The molecule has 6 nitrogen and oxygen atoms in total. The Labute approximate surface area is 182 Å². The number of ether oxygens (including phenoxy) is 1. The Kier molecular flexibility index (Phi) is 7.06. The number of anilines is 2. The lowest BCUT2D eigenvalue weighted by Crippen LogP contribution is -2.30. The summed E-state index contributed by atoms with van der Waals surface area (Å²) >= 11 is 0. The molecule has 0 fully saturated rings. The summed E-state index contributed by atoms with van der Waals surface area (Å²) in [5.41, 5.74) is 3.03. The van der Waals surface area contributed by atoms with Gasteiger partial charge in [-0.05, 0) is 60.2 Å². The molecule has 3 rings (SSSR count). The lowest BCUT2D eigenvalue weighted by Gasteiger charge is -2.13. The minimum Gasteiger partial charge on any atom is -0.497 e. The summed E-state index contributed by atoms with van der Waals surface area (Å²) in [6.07, 6.45) is 1.65. The zero-order chi connectivity index (χ0) is 22.2. The molecule has 0 saturated heterocycles. The van der Waals surface area contributed by atoms with Crippen molar-refractivity contribution >= 4 is 29.3 Å². The molecule has 31 heavy (non-hydrogen) atoms. The Hall–Kier alpha value is -4.06. The van der Waals surface area contributed by atoms with Gasteiger partial charge in [-0.2, -0.15) is 0 Å². The number of methoxy groups -OCH3 is 1. The van der Waals surface area contributed by atoms with Crippen LogP contribution in [0.3, 0.4) is 0 Å². The Morgan fingerprint density at radius 3 is 2.10 bits per heavy atom. The topological polar surface area (TPSA) is 70.7 Å². The van der Waals surface area contributed by atoms with E-state index in [-0.39, 0.29) is 11.6 Å². The molecule has 0 atom stereocenters. The second kappa shape index (κ2) is 10.1. The van der Waals surface area contributed by atoms with Gasteiger partial charge >= 0.3 is 0 Å². The Morgan fingerprint density at radius 2 is 1.52 bits per heavy atom. The fourth-order valence-electron chi connectivity index (χ4n) is 2.85. The number of hydrogen-bond donors (Lipinski definition) is 2. The quantitative estimate of drug-likeness (QED) is 0.568. The first-order valence-corrected chi connectivity index (χ1v) is 9.77. The van der Waals surface area contributed by atoms with Crippen molar-refractivity contribution < 1.29 is 14.3 Å². The van der Waals surface area contributed by atoms with Crippen LogP contribution in [0.5, 0.6) is 5.75 Å². The van der Waals surface area contributed by atoms with Crippen molar-refractivity contribution in [1.29, 1.82) is 0 Å². The minimum atomic E-state index is -0.425. The van der Waals surface area contributed by atoms with Crippen LogP contribution in [0.2, 0.25) is 0 Å². The third-order valence-electron chi connectivity index (χ3n) is 4.60. The monoisotopic (exact) mass is 415 g/mol. The number of rotatable bonds is 7. The van der Waals surface area contributed by atoms with Crippen LogP contribution in [0.15, 0.2) is 84.6 Å². The molecule has 6 heteroatoms. The Balaban J connectivity index is 1.86. The molecule has 0 aliphatic heterocycles. The molecule has 0 saturated carbocycles. The first-order valence-electron chi connectivity index (χ1n) is 9.77. The molecule has 0 heterocycles. The number of nitrogens with one attached hydrogen (secondary N) is 2. The molecule has 2 N–H and O–H groups in total. The fraction of sp³-hybridized carbons (Fsp3) is 0.120. The van der Waals surface area contributed by atoms with Crippen LogP contribution in [0.1, 0.15) is 15.9 Å². The summed E-state index contributed by atoms with van der Waals surface area (Å²) in [6, 6.07) is 23.4. The molecular weight excluding hydrogens is 390 g/mol. The number of amides is 2. The van der Waals surface area contributed by atoms with Crippen molar-refractivity contribution in [2.75, 3.05) is 31.4 Å². The van der Waals surface area contributed by atoms with Crippen LogP contribution < -0.4 is 20.3 Å². The molecule has 0 aromatic heterocycles. The highest BCUT2D eigenvalue weighted by atomic mass is 16.5. The van der Waals surface area contributed by atoms with E-state index in [1.165, 1.54) is 0 Å². The van der Waals surface area contributed by atoms with Crippen molar-refractivity contribution in [3.8, 4) is 5.75 Å². The SMILES string of the molecule is COc1ccc(NC(=O)C(=Cc2ccc(N(C)C)cc2)NC(=O)c2ccccc2)cc1. The van der Waals surface area contributed by atoms with Crippen LogP contribution >= 0.6 is 0 Å². The standard InChI is InChI=1S/C25H25N3O3/c1-28(2)21-13-9-18(10-14-21)17-23(27-24(29)19-7-5-4-6-8-19)25(30)26-20-11-15-22(31-3)16-12-20/h4-17H,1-3H3,(H,26,30)(H,27,29). The molecular formula is C25H25N3O3. The van der Waals surface area contributed by atoms with Gasteiger partial charge in [-0.15, -0.1) is 0 Å². The van der Waals surface area contributed by atoms with Gasteiger partial charge in [-0.3, -0.25) is 9.59 Å². The Morgan fingerprint density at radius 1 is 0.871 bits per heavy atom. The van der Waals surface area contributed by atoms with E-state index >= 15 is 0 Å². The van der Waals surface area contributed by atoms with Crippen molar-refractivity contribution in [2.45, 2.75) is 0 Å². The summed E-state index contributed by atoms with van der Waals surface area (Å²) in [6.45, 7) is 0. The molecule has 0 bridgehead atoms. The van der Waals surface area contributed by atoms with E-state index in [1.807, 2.05) is 49.3 Å². The fourth-order valence-corrected chi connectivity index (χ4v) is 2.85. The van der Waals surface area contributed by atoms with Crippen molar-refractivity contribution in [2.24, 2.45) is 0 Å². The maximum atomic E-state index is 13.0. The normalized spacial score (nSPS) is 10.9. The van der Waals surface area contributed by atoms with Gasteiger partial charge in [0.05, 0.1) is 7.11 Å². The van der Waals surface area contributed by atoms with E-state index in [4.69, 9.17) is 4.74 Å². The summed E-state index contributed by atoms with van der Waals surface area (Å²) < 4.78 is 5.14. The number of benzene rings is 3. The summed E-state index contributed by atoms with van der Waals surface area (Å²) in [5, 5.41) is 5.55. The van der Waals surface area contributed by atoms with Crippen LogP contribution in [-0.4, -0.2) is 33.0 Å². The Bertz CT molecular complexity index is 1060. The van der Waals surface area contributed by atoms with Gasteiger partial charge < -0.3 is 20.3 Å². The second-order valence-corrected chi connectivity index (χ2v) is 7.05. The van der Waals surface area contributed by atoms with Crippen molar-refractivity contribution in [3.63, 3.8) is 0 Å². The molecule has 0 unspecified atom stereocenters. The third kappa shape index (κ3) is 5.96. The molecule has 2 amide bonds. The largest absolute Gasteiger partial charge is 0.497 e. The molecule has 0 radical (unpaired) electrons. The summed E-state index contributed by atoms with van der Waals surface area (Å²) in [7, 11) is 5.49. The highest BCUT2D eigenvalue weighted by Crippen LogP contribution is 2.17. The molecule has 3 aromatic rings. The second-order valence-electron chi connectivity index (χ2n) is 7.05. The van der Waals surface area contributed by atoms with Gasteiger partial charge in [0.1, 0.15) is 11.4 Å². The van der Waals surface area contributed by atoms with E-state index in [1.54, 1.807) is 61.7 Å². The lowest BCUT2D eigenvalue weighted by molar-refractivity contribution is -0.113. The van der Waals surface area contributed by atoms with Gasteiger partial charge in [-0.1, -0.05) is 30.3 Å². The predicted octanol–water partition coefficient (Wildman–Crippen LogP) is 4.17. The number of nitrogens with zero attached hydrogens (tertiary/aromatic N) is 1. The van der Waals surface area contributed by atoms with E-state index < -0.39 is 5.91 Å². The molecule has 0 aliphatic rings. The van der Waals surface area contributed by atoms with Crippen LogP contribution in [0, 0.1) is 0 Å². The molecule has 3 aromatic carbocycles. The van der Waals surface area contributed by atoms with Gasteiger partial charge in [0, 0.05) is 31.0 Å². The minimum absolute atomic E-state index is 0.141. The average Bonchev–Trinajstić information content (AvgIpc) is 2.80. The van der Waals surface area contributed by atoms with E-state index in [0.29, 0.717) is 17.0 Å². The number of carbonyl (C=O) groups is 2. The smallest absolute Gasteiger partial charge is 0.272 e. The van der Waals surface area contributed by atoms with Crippen LogP contribution in [0.4, 0.5) is 11.4 Å². The highest BCUT2D eigenvalue weighted by molar-refractivity contribution is 6.10. The zero-order valence-electron chi connectivity index (χ0n) is 17.8. The van der Waals surface area contributed by atoms with E-state index in [9.17, 15) is 9.59 Å². The first kappa shape index (κ1) is 21.6. The predicted molar refractivity (Wildman–Crippen MR) is 124 cm³/mol. The van der Waals surface area contributed by atoms with Gasteiger partial charge in [0.25, 0.3) is 11.8 Å². The van der Waals surface area contributed by atoms with Gasteiger partial charge in [-0.25, -0.2) is 0 Å². The van der Waals surface area contributed by atoms with Crippen molar-refractivity contribution in [3.05, 3.63) is 95.7 Å². The molecule has 0 spiro atoms. The zero-order valence-corrected chi connectivity index (χ0v) is 17.8. The van der Waals surface area contributed by atoms with Gasteiger partial charge in [0.2, 0.25) is 0 Å².